The van der Waals surface area contributed by atoms with Crippen LogP contribution in [0.5, 0.6) is 0 Å². The summed E-state index contributed by atoms with van der Waals surface area (Å²) in [5.74, 6) is -0.898. The van der Waals surface area contributed by atoms with E-state index < -0.39 is 16.7 Å². The molecule has 3 heterocycles. The molecule has 0 fully saturated rings. The average molecular weight is 335 g/mol. The van der Waals surface area contributed by atoms with Crippen LogP contribution in [0.1, 0.15) is 27.9 Å². The molecule has 1 N–H and O–H groups in total. The Hall–Kier alpha value is -2.19. The topological polar surface area (TPSA) is 88.6 Å². The smallest absolute Gasteiger partial charge is 0.395 e. The van der Waals surface area contributed by atoms with Gasteiger partial charge in [-0.05, 0) is 36.4 Å². The Morgan fingerprint density at radius 3 is 3.09 bits per heavy atom. The highest BCUT2D eigenvalue weighted by Gasteiger charge is 2.23. The van der Waals surface area contributed by atoms with Crippen molar-refractivity contribution in [2.24, 2.45) is 0 Å². The highest BCUT2D eigenvalue weighted by atomic mass is 32.1. The van der Waals surface area contributed by atoms with Crippen LogP contribution in [-0.4, -0.2) is 34.9 Å². The number of fused-ring (bicyclic) bond motifs is 1. The molecule has 3 rings (SSSR count). The highest BCUT2D eigenvalue weighted by Crippen LogP contribution is 2.25. The van der Waals surface area contributed by atoms with Crippen molar-refractivity contribution < 1.29 is 14.1 Å². The Morgan fingerprint density at radius 2 is 2.35 bits per heavy atom. The number of hydrogen-bond donors (Lipinski definition) is 1. The largest absolute Gasteiger partial charge is 0.433 e. The van der Waals surface area contributed by atoms with E-state index in [-0.39, 0.29) is 11.8 Å². The molecule has 23 heavy (non-hydrogen) atoms. The van der Waals surface area contributed by atoms with Crippen molar-refractivity contribution in [3.63, 3.8) is 0 Å². The average Bonchev–Trinajstić information content (AvgIpc) is 3.20. The molecule has 0 aliphatic carbocycles. The maximum absolute atomic E-state index is 12.0. The minimum absolute atomic E-state index is 0.0392. The van der Waals surface area contributed by atoms with Crippen LogP contribution < -0.4 is 5.32 Å². The first kappa shape index (κ1) is 15.7. The van der Waals surface area contributed by atoms with Crippen LogP contribution in [-0.2, 0) is 13.0 Å². The van der Waals surface area contributed by atoms with E-state index in [2.05, 4.69) is 28.6 Å². The molecule has 1 amide bonds. The minimum Gasteiger partial charge on any atom is -0.395 e. The summed E-state index contributed by atoms with van der Waals surface area (Å²) >= 11 is 1.80. The van der Waals surface area contributed by atoms with E-state index in [1.807, 2.05) is 0 Å². The monoisotopic (exact) mass is 335 g/mol. The van der Waals surface area contributed by atoms with E-state index in [1.54, 1.807) is 11.3 Å². The van der Waals surface area contributed by atoms with E-state index >= 15 is 0 Å². The van der Waals surface area contributed by atoms with Crippen LogP contribution in [0.3, 0.4) is 0 Å². The molecule has 2 aromatic rings. The number of carbonyl (C=O) groups is 1. The highest BCUT2D eigenvalue weighted by molar-refractivity contribution is 7.10. The molecule has 0 saturated heterocycles. The zero-order chi connectivity index (χ0) is 16.4. The lowest BCUT2D eigenvalue weighted by Gasteiger charge is -2.32. The van der Waals surface area contributed by atoms with Crippen molar-refractivity contribution in [2.45, 2.75) is 25.9 Å². The molecule has 2 aromatic heterocycles. The van der Waals surface area contributed by atoms with Gasteiger partial charge in [-0.25, -0.2) is 0 Å². The zero-order valence-electron chi connectivity index (χ0n) is 12.7. The molecule has 0 unspecified atom stereocenters. The summed E-state index contributed by atoms with van der Waals surface area (Å²) < 4.78 is 4.90. The summed E-state index contributed by atoms with van der Waals surface area (Å²) in [5.41, 5.74) is 1.36. The van der Waals surface area contributed by atoms with Crippen molar-refractivity contribution in [2.75, 3.05) is 13.1 Å². The molecule has 0 bridgehead atoms. The molecule has 0 aromatic carbocycles. The fourth-order valence-corrected chi connectivity index (χ4v) is 3.54. The van der Waals surface area contributed by atoms with Crippen LogP contribution in [0.4, 0.5) is 5.88 Å². The SMILES string of the molecule is C[C@@H](CNC(=O)c1ccc([N+](=O)[O-])o1)N1CCc2sccc2C1. The molecule has 122 valence electrons. The van der Waals surface area contributed by atoms with E-state index in [9.17, 15) is 14.9 Å². The van der Waals surface area contributed by atoms with Gasteiger partial charge in [-0.15, -0.1) is 11.3 Å². The lowest BCUT2D eigenvalue weighted by molar-refractivity contribution is -0.402. The number of thiophene rings is 1. The first-order valence-corrected chi connectivity index (χ1v) is 8.24. The maximum atomic E-state index is 12.0. The summed E-state index contributed by atoms with van der Waals surface area (Å²) in [6.45, 7) is 4.38. The number of nitrogens with one attached hydrogen (secondary N) is 1. The van der Waals surface area contributed by atoms with Gasteiger partial charge >= 0.3 is 5.88 Å². The number of amides is 1. The summed E-state index contributed by atoms with van der Waals surface area (Å²) in [6.07, 6.45) is 1.04. The van der Waals surface area contributed by atoms with Gasteiger partial charge in [0.2, 0.25) is 0 Å². The van der Waals surface area contributed by atoms with E-state index in [0.29, 0.717) is 6.54 Å². The normalized spacial score (nSPS) is 15.9. The molecular weight excluding hydrogens is 318 g/mol. The fraction of sp³-hybridized carbons (Fsp3) is 0.400. The Labute approximate surface area is 137 Å². The van der Waals surface area contributed by atoms with Gasteiger partial charge in [0.25, 0.3) is 5.91 Å². The standard InChI is InChI=1S/C15H17N3O4S/c1-10(17-6-4-13-11(9-17)5-7-23-13)8-16-15(19)12-2-3-14(22-12)18(20)21/h2-3,5,7,10H,4,6,8-9H2,1H3,(H,16,19)/t10-/m0/s1. The first-order chi connectivity index (χ1) is 11.0. The third-order valence-corrected chi connectivity index (χ3v) is 5.04. The minimum atomic E-state index is -0.661. The number of rotatable bonds is 5. The van der Waals surface area contributed by atoms with E-state index in [1.165, 1.54) is 22.6 Å². The number of carbonyl (C=O) groups excluding carboxylic acids is 1. The first-order valence-electron chi connectivity index (χ1n) is 7.36. The lowest BCUT2D eigenvalue weighted by Crippen LogP contribution is -2.44. The van der Waals surface area contributed by atoms with Crippen LogP contribution in [0.15, 0.2) is 28.0 Å². The number of nitro groups is 1. The summed E-state index contributed by atoms with van der Waals surface area (Å²) in [7, 11) is 0. The lowest BCUT2D eigenvalue weighted by atomic mass is 10.1. The second kappa shape index (κ2) is 6.51. The summed E-state index contributed by atoms with van der Waals surface area (Å²) in [5, 5.41) is 15.4. The quantitative estimate of drug-likeness (QED) is 0.669. The van der Waals surface area contributed by atoms with E-state index in [4.69, 9.17) is 4.42 Å². The molecule has 1 atom stereocenters. The zero-order valence-corrected chi connectivity index (χ0v) is 13.5. The third kappa shape index (κ3) is 3.43. The number of hydrogen-bond acceptors (Lipinski definition) is 6. The molecular formula is C15H17N3O4S. The second-order valence-corrected chi connectivity index (χ2v) is 6.54. The van der Waals surface area contributed by atoms with Gasteiger partial charge in [0, 0.05) is 30.6 Å². The van der Waals surface area contributed by atoms with Gasteiger partial charge in [0.1, 0.15) is 4.92 Å². The molecule has 0 saturated carbocycles. The molecule has 1 aliphatic rings. The van der Waals surface area contributed by atoms with Crippen LogP contribution in [0, 0.1) is 10.1 Å². The van der Waals surface area contributed by atoms with Crippen LogP contribution in [0.2, 0.25) is 0 Å². The van der Waals surface area contributed by atoms with Gasteiger partial charge in [-0.1, -0.05) is 0 Å². The second-order valence-electron chi connectivity index (χ2n) is 5.54. The number of nitrogens with zero attached hydrogens (tertiary/aromatic N) is 2. The Balaban J connectivity index is 1.53. The summed E-state index contributed by atoms with van der Waals surface area (Å²) in [4.78, 5) is 25.6. The van der Waals surface area contributed by atoms with Crippen LogP contribution in [0.25, 0.3) is 0 Å². The molecule has 1 aliphatic heterocycles. The summed E-state index contributed by atoms with van der Waals surface area (Å²) in [6, 6.07) is 4.83. The van der Waals surface area contributed by atoms with Crippen molar-refractivity contribution in [1.82, 2.24) is 10.2 Å². The Bertz CT molecular complexity index is 724. The predicted molar refractivity (Wildman–Crippen MR) is 85.6 cm³/mol. The predicted octanol–water partition coefficient (Wildman–Crippen LogP) is 2.43. The van der Waals surface area contributed by atoms with Gasteiger partial charge in [-0.3, -0.25) is 19.8 Å². The fourth-order valence-electron chi connectivity index (χ4n) is 2.65. The molecule has 0 radical (unpaired) electrons. The Morgan fingerprint density at radius 1 is 1.52 bits per heavy atom. The van der Waals surface area contributed by atoms with E-state index in [0.717, 1.165) is 19.5 Å². The van der Waals surface area contributed by atoms with Gasteiger partial charge in [-0.2, -0.15) is 0 Å². The van der Waals surface area contributed by atoms with Gasteiger partial charge < -0.3 is 9.73 Å². The maximum Gasteiger partial charge on any atom is 0.433 e. The molecule has 8 heteroatoms. The molecule has 7 nitrogen and oxygen atoms in total. The van der Waals surface area contributed by atoms with Gasteiger partial charge in [0.15, 0.2) is 5.76 Å². The number of furan rings is 1. The van der Waals surface area contributed by atoms with Crippen molar-refractivity contribution in [3.05, 3.63) is 49.9 Å². The van der Waals surface area contributed by atoms with Crippen LogP contribution >= 0.6 is 11.3 Å². The van der Waals surface area contributed by atoms with Crippen molar-refractivity contribution in [3.8, 4) is 0 Å². The van der Waals surface area contributed by atoms with Gasteiger partial charge in [0.05, 0.1) is 6.07 Å². The Kier molecular flexibility index (Phi) is 4.44. The van der Waals surface area contributed by atoms with Crippen molar-refractivity contribution in [1.29, 1.82) is 0 Å². The third-order valence-electron chi connectivity index (χ3n) is 4.01. The molecule has 0 spiro atoms. The van der Waals surface area contributed by atoms with Crippen molar-refractivity contribution >= 4 is 23.1 Å².